The van der Waals surface area contributed by atoms with Gasteiger partial charge < -0.3 is 5.32 Å². The van der Waals surface area contributed by atoms with Gasteiger partial charge in [-0.1, -0.05) is 6.92 Å². The van der Waals surface area contributed by atoms with E-state index in [0.717, 1.165) is 23.7 Å². The van der Waals surface area contributed by atoms with Gasteiger partial charge in [0.25, 0.3) is 0 Å². The van der Waals surface area contributed by atoms with Crippen LogP contribution in [0.1, 0.15) is 50.0 Å². The molecule has 4 nitrogen and oxygen atoms in total. The van der Waals surface area contributed by atoms with Gasteiger partial charge >= 0.3 is 0 Å². The molecule has 2 aromatic heterocycles. The van der Waals surface area contributed by atoms with Crippen LogP contribution in [0.25, 0.3) is 0 Å². The van der Waals surface area contributed by atoms with E-state index in [0.29, 0.717) is 6.04 Å². The molecule has 0 radical (unpaired) electrons. The first-order chi connectivity index (χ1) is 8.70. The standard InChI is InChI=1S/C13H20N4S/c1-4-10(2)17-7-5-12(16-17)9-15-11(3)13-14-6-8-18-13/h5-8,10-11,15H,4,9H2,1-3H3. The molecule has 0 bridgehead atoms. The number of hydrogen-bond donors (Lipinski definition) is 1. The third kappa shape index (κ3) is 3.17. The Labute approximate surface area is 112 Å². The molecular formula is C13H20N4S. The van der Waals surface area contributed by atoms with Gasteiger partial charge in [0.15, 0.2) is 0 Å². The van der Waals surface area contributed by atoms with Crippen LogP contribution in [-0.4, -0.2) is 14.8 Å². The van der Waals surface area contributed by atoms with Gasteiger partial charge in [0.2, 0.25) is 0 Å². The maximum atomic E-state index is 4.57. The summed E-state index contributed by atoms with van der Waals surface area (Å²) in [5.74, 6) is 0. The summed E-state index contributed by atoms with van der Waals surface area (Å²) >= 11 is 1.68. The molecular weight excluding hydrogens is 244 g/mol. The van der Waals surface area contributed by atoms with Crippen LogP contribution < -0.4 is 5.32 Å². The van der Waals surface area contributed by atoms with E-state index in [1.807, 2.05) is 16.3 Å². The Bertz CT molecular complexity index is 463. The Hall–Kier alpha value is -1.20. The van der Waals surface area contributed by atoms with Gasteiger partial charge in [-0.15, -0.1) is 11.3 Å². The third-order valence-corrected chi connectivity index (χ3v) is 4.08. The van der Waals surface area contributed by atoms with E-state index < -0.39 is 0 Å². The lowest BCUT2D eigenvalue weighted by molar-refractivity contribution is 0.468. The summed E-state index contributed by atoms with van der Waals surface area (Å²) in [6.45, 7) is 7.27. The number of thiazole rings is 1. The SMILES string of the molecule is CCC(C)n1ccc(CNC(C)c2nccs2)n1. The molecule has 2 aromatic rings. The molecule has 0 aliphatic carbocycles. The highest BCUT2D eigenvalue weighted by molar-refractivity contribution is 7.09. The largest absolute Gasteiger partial charge is 0.302 e. The fourth-order valence-electron chi connectivity index (χ4n) is 1.70. The normalized spacial score (nSPS) is 14.6. The first-order valence-corrected chi connectivity index (χ1v) is 7.25. The Morgan fingerprint density at radius 2 is 2.28 bits per heavy atom. The zero-order valence-electron chi connectivity index (χ0n) is 11.1. The van der Waals surface area contributed by atoms with Crippen molar-refractivity contribution in [2.24, 2.45) is 0 Å². The summed E-state index contributed by atoms with van der Waals surface area (Å²) in [6, 6.07) is 2.82. The summed E-state index contributed by atoms with van der Waals surface area (Å²) < 4.78 is 2.03. The average Bonchev–Trinajstić information content (AvgIpc) is 3.05. The zero-order chi connectivity index (χ0) is 13.0. The van der Waals surface area contributed by atoms with Crippen LogP contribution in [0.5, 0.6) is 0 Å². The fraction of sp³-hybridized carbons (Fsp3) is 0.538. The third-order valence-electron chi connectivity index (χ3n) is 3.12. The van der Waals surface area contributed by atoms with E-state index in [1.54, 1.807) is 11.3 Å². The highest BCUT2D eigenvalue weighted by atomic mass is 32.1. The summed E-state index contributed by atoms with van der Waals surface area (Å²) in [5, 5.41) is 11.1. The molecule has 2 rings (SSSR count). The highest BCUT2D eigenvalue weighted by Gasteiger charge is 2.09. The highest BCUT2D eigenvalue weighted by Crippen LogP contribution is 2.15. The van der Waals surface area contributed by atoms with E-state index in [9.17, 15) is 0 Å². The molecule has 0 aliphatic rings. The van der Waals surface area contributed by atoms with Crippen LogP contribution in [0.3, 0.4) is 0 Å². The summed E-state index contributed by atoms with van der Waals surface area (Å²) in [5.41, 5.74) is 1.08. The quantitative estimate of drug-likeness (QED) is 0.871. The lowest BCUT2D eigenvalue weighted by Gasteiger charge is -2.10. The molecule has 18 heavy (non-hydrogen) atoms. The first-order valence-electron chi connectivity index (χ1n) is 6.37. The molecule has 0 fully saturated rings. The maximum absolute atomic E-state index is 4.57. The number of rotatable bonds is 6. The Balaban J connectivity index is 1.88. The van der Waals surface area contributed by atoms with Gasteiger partial charge in [0.1, 0.15) is 5.01 Å². The van der Waals surface area contributed by atoms with Crippen molar-refractivity contribution in [2.75, 3.05) is 0 Å². The molecule has 0 saturated heterocycles. The molecule has 0 aliphatic heterocycles. The van der Waals surface area contributed by atoms with Crippen molar-refractivity contribution >= 4 is 11.3 Å². The fourth-order valence-corrected chi connectivity index (χ4v) is 2.37. The second-order valence-electron chi connectivity index (χ2n) is 4.52. The van der Waals surface area contributed by atoms with Gasteiger partial charge in [-0.3, -0.25) is 4.68 Å². The minimum Gasteiger partial charge on any atom is -0.302 e. The average molecular weight is 264 g/mol. The van der Waals surface area contributed by atoms with Crippen LogP contribution in [0.2, 0.25) is 0 Å². The van der Waals surface area contributed by atoms with E-state index in [4.69, 9.17) is 0 Å². The predicted octanol–water partition coefficient (Wildman–Crippen LogP) is 3.16. The van der Waals surface area contributed by atoms with Gasteiger partial charge in [-0.05, 0) is 26.3 Å². The number of nitrogens with one attached hydrogen (secondary N) is 1. The van der Waals surface area contributed by atoms with Gasteiger partial charge in [0.05, 0.1) is 11.7 Å². The zero-order valence-corrected chi connectivity index (χ0v) is 11.9. The monoisotopic (exact) mass is 264 g/mol. The second-order valence-corrected chi connectivity index (χ2v) is 5.44. The summed E-state index contributed by atoms with van der Waals surface area (Å²) in [6.07, 6.45) is 5.00. The summed E-state index contributed by atoms with van der Waals surface area (Å²) in [4.78, 5) is 4.31. The van der Waals surface area contributed by atoms with Crippen molar-refractivity contribution in [3.8, 4) is 0 Å². The lowest BCUT2D eigenvalue weighted by atomic mass is 10.3. The van der Waals surface area contributed by atoms with Crippen LogP contribution in [0.4, 0.5) is 0 Å². The molecule has 1 N–H and O–H groups in total. The van der Waals surface area contributed by atoms with Crippen LogP contribution in [0, 0.1) is 0 Å². The van der Waals surface area contributed by atoms with Gasteiger partial charge in [-0.25, -0.2) is 4.98 Å². The van der Waals surface area contributed by atoms with Crippen molar-refractivity contribution in [1.29, 1.82) is 0 Å². The smallest absolute Gasteiger partial charge is 0.109 e. The molecule has 2 unspecified atom stereocenters. The Morgan fingerprint density at radius 3 is 2.94 bits per heavy atom. The molecule has 2 atom stereocenters. The molecule has 0 saturated carbocycles. The summed E-state index contributed by atoms with van der Waals surface area (Å²) in [7, 11) is 0. The molecule has 5 heteroatoms. The molecule has 0 aromatic carbocycles. The van der Waals surface area contributed by atoms with Crippen molar-refractivity contribution in [3.05, 3.63) is 34.5 Å². The van der Waals surface area contributed by atoms with Crippen molar-refractivity contribution < 1.29 is 0 Å². The van der Waals surface area contributed by atoms with E-state index in [-0.39, 0.29) is 6.04 Å². The minimum atomic E-state index is 0.277. The van der Waals surface area contributed by atoms with Crippen molar-refractivity contribution in [1.82, 2.24) is 20.1 Å². The number of nitrogens with zero attached hydrogens (tertiary/aromatic N) is 3. The molecule has 0 spiro atoms. The van der Waals surface area contributed by atoms with Crippen molar-refractivity contribution in [2.45, 2.75) is 45.8 Å². The minimum absolute atomic E-state index is 0.277. The first kappa shape index (κ1) is 13.2. The van der Waals surface area contributed by atoms with Gasteiger partial charge in [-0.2, -0.15) is 5.10 Å². The number of aromatic nitrogens is 3. The Morgan fingerprint density at radius 1 is 1.44 bits per heavy atom. The molecule has 0 amide bonds. The second kappa shape index (κ2) is 6.11. The van der Waals surface area contributed by atoms with Crippen molar-refractivity contribution in [3.63, 3.8) is 0 Å². The molecule has 2 heterocycles. The lowest BCUT2D eigenvalue weighted by Crippen LogP contribution is -2.18. The topological polar surface area (TPSA) is 42.7 Å². The van der Waals surface area contributed by atoms with Crippen LogP contribution in [0.15, 0.2) is 23.8 Å². The van der Waals surface area contributed by atoms with Crippen LogP contribution >= 0.6 is 11.3 Å². The Kier molecular flexibility index (Phi) is 4.49. The number of hydrogen-bond acceptors (Lipinski definition) is 4. The van der Waals surface area contributed by atoms with Crippen LogP contribution in [-0.2, 0) is 6.54 Å². The predicted molar refractivity (Wildman–Crippen MR) is 74.6 cm³/mol. The van der Waals surface area contributed by atoms with E-state index in [1.165, 1.54) is 0 Å². The van der Waals surface area contributed by atoms with Gasteiger partial charge in [0, 0.05) is 30.4 Å². The molecule has 98 valence electrons. The van der Waals surface area contributed by atoms with E-state index >= 15 is 0 Å². The maximum Gasteiger partial charge on any atom is 0.109 e. The van der Waals surface area contributed by atoms with E-state index in [2.05, 4.69) is 48.4 Å².